The number of nitrogens with one attached hydrogen (secondary N) is 1. The van der Waals surface area contributed by atoms with Crippen LogP contribution in [0.2, 0.25) is 0 Å². The molecular weight excluding hydrogens is 256 g/mol. The maximum atomic E-state index is 11.9. The van der Waals surface area contributed by atoms with E-state index in [9.17, 15) is 4.79 Å². The molecule has 0 spiro atoms. The molecule has 0 aromatic heterocycles. The Morgan fingerprint density at radius 2 is 1.84 bits per heavy atom. The Balaban J connectivity index is 2.53. The molecule has 1 aromatic rings. The van der Waals surface area contributed by atoms with Gasteiger partial charge in [-0.3, -0.25) is 4.79 Å². The predicted molar refractivity (Wildman–Crippen MR) is 82.2 cm³/mol. The molecule has 1 aromatic carbocycles. The van der Waals surface area contributed by atoms with Crippen LogP contribution < -0.4 is 11.1 Å². The average Bonchev–Trinajstić information content (AvgIpc) is 2.38. The molecule has 0 saturated carbocycles. The standard InChI is InChI=1S/C15H24N2OS/c1-10(2)14(16)9-15(18)17-11(3)12-5-7-13(19-4)8-6-12/h5-8,10-11,14H,9,16H2,1-4H3,(H,17,18). The molecule has 106 valence electrons. The van der Waals surface area contributed by atoms with Gasteiger partial charge in [0, 0.05) is 17.4 Å². The topological polar surface area (TPSA) is 55.1 Å². The number of carbonyl (C=O) groups excluding carboxylic acids is 1. The molecular formula is C15H24N2OS. The molecule has 2 unspecified atom stereocenters. The molecule has 19 heavy (non-hydrogen) atoms. The van der Waals surface area contributed by atoms with E-state index in [1.165, 1.54) is 4.90 Å². The van der Waals surface area contributed by atoms with Crippen molar-refractivity contribution in [2.24, 2.45) is 11.7 Å². The Bertz CT molecular complexity index is 403. The highest BCUT2D eigenvalue weighted by atomic mass is 32.2. The van der Waals surface area contributed by atoms with Gasteiger partial charge in [0.05, 0.1) is 6.04 Å². The van der Waals surface area contributed by atoms with E-state index < -0.39 is 0 Å². The Morgan fingerprint density at radius 3 is 2.32 bits per heavy atom. The fourth-order valence-corrected chi connectivity index (χ4v) is 2.13. The van der Waals surface area contributed by atoms with E-state index in [0.29, 0.717) is 12.3 Å². The molecule has 0 bridgehead atoms. The third-order valence-corrected chi connectivity index (χ3v) is 4.01. The summed E-state index contributed by atoms with van der Waals surface area (Å²) in [6.07, 6.45) is 2.43. The molecule has 0 aliphatic carbocycles. The predicted octanol–water partition coefficient (Wildman–Crippen LogP) is 2.96. The lowest BCUT2D eigenvalue weighted by Crippen LogP contribution is -2.35. The van der Waals surface area contributed by atoms with Crippen molar-refractivity contribution in [2.75, 3.05) is 6.26 Å². The molecule has 0 aliphatic heterocycles. The smallest absolute Gasteiger partial charge is 0.222 e. The molecule has 0 fully saturated rings. The first-order chi connectivity index (χ1) is 8.93. The molecule has 3 N–H and O–H groups in total. The number of nitrogens with two attached hydrogens (primary N) is 1. The molecule has 2 atom stereocenters. The number of amides is 1. The van der Waals surface area contributed by atoms with Gasteiger partial charge in [-0.05, 0) is 36.8 Å². The van der Waals surface area contributed by atoms with Crippen molar-refractivity contribution in [3.8, 4) is 0 Å². The van der Waals surface area contributed by atoms with Crippen LogP contribution >= 0.6 is 11.8 Å². The van der Waals surface area contributed by atoms with Gasteiger partial charge in [-0.1, -0.05) is 26.0 Å². The largest absolute Gasteiger partial charge is 0.350 e. The zero-order valence-corrected chi connectivity index (χ0v) is 13.0. The molecule has 3 nitrogen and oxygen atoms in total. The second-order valence-corrected chi connectivity index (χ2v) is 6.05. The van der Waals surface area contributed by atoms with Crippen molar-refractivity contribution in [1.29, 1.82) is 0 Å². The van der Waals surface area contributed by atoms with Crippen LogP contribution in [0.4, 0.5) is 0 Å². The van der Waals surface area contributed by atoms with Gasteiger partial charge in [0.15, 0.2) is 0 Å². The first kappa shape index (κ1) is 16.1. The van der Waals surface area contributed by atoms with Crippen molar-refractivity contribution in [3.63, 3.8) is 0 Å². The average molecular weight is 280 g/mol. The van der Waals surface area contributed by atoms with Crippen LogP contribution in [0, 0.1) is 5.92 Å². The van der Waals surface area contributed by atoms with Crippen molar-refractivity contribution in [2.45, 2.75) is 44.2 Å². The van der Waals surface area contributed by atoms with E-state index in [4.69, 9.17) is 5.73 Å². The number of thioether (sulfide) groups is 1. The maximum Gasteiger partial charge on any atom is 0.222 e. The minimum absolute atomic E-state index is 0.0163. The second-order valence-electron chi connectivity index (χ2n) is 5.17. The van der Waals surface area contributed by atoms with E-state index >= 15 is 0 Å². The van der Waals surface area contributed by atoms with E-state index in [-0.39, 0.29) is 18.0 Å². The van der Waals surface area contributed by atoms with Crippen LogP contribution in [0.15, 0.2) is 29.2 Å². The third kappa shape index (κ3) is 5.25. The van der Waals surface area contributed by atoms with Gasteiger partial charge in [-0.2, -0.15) is 0 Å². The lowest BCUT2D eigenvalue weighted by atomic mass is 10.0. The molecule has 0 saturated heterocycles. The summed E-state index contributed by atoms with van der Waals surface area (Å²) in [5.74, 6) is 0.338. The normalized spacial score (nSPS) is 14.2. The molecule has 1 rings (SSSR count). The fraction of sp³-hybridized carbons (Fsp3) is 0.533. The second kappa shape index (κ2) is 7.56. The summed E-state index contributed by atoms with van der Waals surface area (Å²) in [5, 5.41) is 2.99. The van der Waals surface area contributed by atoms with Gasteiger partial charge < -0.3 is 11.1 Å². The monoisotopic (exact) mass is 280 g/mol. The summed E-state index contributed by atoms with van der Waals surface area (Å²) in [6, 6.07) is 8.19. The zero-order valence-electron chi connectivity index (χ0n) is 12.1. The highest BCUT2D eigenvalue weighted by Gasteiger charge is 2.15. The number of hydrogen-bond acceptors (Lipinski definition) is 3. The quantitative estimate of drug-likeness (QED) is 0.788. The maximum absolute atomic E-state index is 11.9. The van der Waals surface area contributed by atoms with E-state index in [1.807, 2.05) is 27.0 Å². The number of rotatable bonds is 6. The first-order valence-electron chi connectivity index (χ1n) is 6.63. The van der Waals surface area contributed by atoms with Crippen molar-refractivity contribution in [3.05, 3.63) is 29.8 Å². The molecule has 0 aliphatic rings. The minimum atomic E-state index is -0.0777. The summed E-state index contributed by atoms with van der Waals surface area (Å²) in [7, 11) is 0. The summed E-state index contributed by atoms with van der Waals surface area (Å²) in [5.41, 5.74) is 7.02. The van der Waals surface area contributed by atoms with Crippen molar-refractivity contribution >= 4 is 17.7 Å². The van der Waals surface area contributed by atoms with Crippen LogP contribution in [0.25, 0.3) is 0 Å². The molecule has 1 amide bonds. The van der Waals surface area contributed by atoms with E-state index in [1.54, 1.807) is 11.8 Å². The van der Waals surface area contributed by atoms with Crippen molar-refractivity contribution in [1.82, 2.24) is 5.32 Å². The molecule has 0 radical (unpaired) electrons. The first-order valence-corrected chi connectivity index (χ1v) is 7.85. The highest BCUT2D eigenvalue weighted by molar-refractivity contribution is 7.98. The molecule has 4 heteroatoms. The van der Waals surface area contributed by atoms with Crippen LogP contribution in [-0.2, 0) is 4.79 Å². The fourth-order valence-electron chi connectivity index (χ4n) is 1.73. The Morgan fingerprint density at radius 1 is 1.26 bits per heavy atom. The van der Waals surface area contributed by atoms with E-state index in [2.05, 4.69) is 29.6 Å². The summed E-state index contributed by atoms with van der Waals surface area (Å²) < 4.78 is 0. The van der Waals surface area contributed by atoms with Gasteiger partial charge in [0.1, 0.15) is 0 Å². The Hall–Kier alpha value is -1.00. The zero-order chi connectivity index (χ0) is 14.4. The SMILES string of the molecule is CSc1ccc(C(C)NC(=O)CC(N)C(C)C)cc1. The van der Waals surface area contributed by atoms with Crippen LogP contribution in [-0.4, -0.2) is 18.2 Å². The van der Waals surface area contributed by atoms with Gasteiger partial charge in [-0.15, -0.1) is 11.8 Å². The van der Waals surface area contributed by atoms with Gasteiger partial charge in [-0.25, -0.2) is 0 Å². The summed E-state index contributed by atoms with van der Waals surface area (Å²) >= 11 is 1.71. The number of benzene rings is 1. The highest BCUT2D eigenvalue weighted by Crippen LogP contribution is 2.19. The Kier molecular flexibility index (Phi) is 6.38. The third-order valence-electron chi connectivity index (χ3n) is 3.27. The summed E-state index contributed by atoms with van der Waals surface area (Å²) in [4.78, 5) is 13.1. The van der Waals surface area contributed by atoms with Crippen LogP contribution in [0.1, 0.15) is 38.8 Å². The van der Waals surface area contributed by atoms with E-state index in [0.717, 1.165) is 5.56 Å². The molecule has 0 heterocycles. The number of carbonyl (C=O) groups is 1. The van der Waals surface area contributed by atoms with Crippen LogP contribution in [0.3, 0.4) is 0 Å². The van der Waals surface area contributed by atoms with Gasteiger partial charge in [0.25, 0.3) is 0 Å². The van der Waals surface area contributed by atoms with Crippen LogP contribution in [0.5, 0.6) is 0 Å². The lowest BCUT2D eigenvalue weighted by Gasteiger charge is -2.18. The van der Waals surface area contributed by atoms with Gasteiger partial charge >= 0.3 is 0 Å². The van der Waals surface area contributed by atoms with Crippen molar-refractivity contribution < 1.29 is 4.79 Å². The van der Waals surface area contributed by atoms with Gasteiger partial charge in [0.2, 0.25) is 5.91 Å². The number of hydrogen-bond donors (Lipinski definition) is 2. The lowest BCUT2D eigenvalue weighted by molar-refractivity contribution is -0.122. The minimum Gasteiger partial charge on any atom is -0.350 e. The summed E-state index contributed by atoms with van der Waals surface area (Å²) in [6.45, 7) is 6.05. The Labute approximate surface area is 120 Å².